The summed E-state index contributed by atoms with van der Waals surface area (Å²) in [7, 11) is -4.14. The van der Waals surface area contributed by atoms with Gasteiger partial charge in [0.15, 0.2) is 5.75 Å². The minimum atomic E-state index is -4.14. The van der Waals surface area contributed by atoms with Gasteiger partial charge in [0, 0.05) is 5.69 Å². The van der Waals surface area contributed by atoms with Crippen molar-refractivity contribution in [3.05, 3.63) is 69.0 Å². The second kappa shape index (κ2) is 6.04. The van der Waals surface area contributed by atoms with Crippen molar-refractivity contribution >= 4 is 32.8 Å². The van der Waals surface area contributed by atoms with Crippen LogP contribution in [0.2, 0.25) is 0 Å². The molecule has 0 saturated heterocycles. The Labute approximate surface area is 142 Å². The van der Waals surface area contributed by atoms with Crippen molar-refractivity contribution < 1.29 is 13.5 Å². The first-order valence-electron chi connectivity index (χ1n) is 7.06. The molecule has 3 aromatic rings. The van der Waals surface area contributed by atoms with Gasteiger partial charge >= 0.3 is 0 Å². The van der Waals surface area contributed by atoms with Crippen molar-refractivity contribution in [1.82, 2.24) is 0 Å². The SMILES string of the molecule is NS(=O)(=O)c1cccc(Nc2c(Nc3ccccc3)c(=O)c2=O)c1O. The number of sulfonamides is 1. The maximum Gasteiger partial charge on any atom is 0.253 e. The molecule has 8 nitrogen and oxygen atoms in total. The van der Waals surface area contributed by atoms with E-state index in [1.165, 1.54) is 12.1 Å². The lowest BCUT2D eigenvalue weighted by Crippen LogP contribution is -2.35. The Kier molecular flexibility index (Phi) is 4.03. The standard InChI is InChI=1S/C16H13N3O5S/c17-25(23,24)11-8-4-7-10(14(11)20)19-13-12(15(21)16(13)22)18-9-5-2-1-3-6-9/h1-8,18-20H,(H2,17,23,24). The average Bonchev–Trinajstić information content (AvgIpc) is 2.58. The lowest BCUT2D eigenvalue weighted by atomic mass is 10.1. The summed E-state index contributed by atoms with van der Waals surface area (Å²) in [4.78, 5) is 23.1. The third kappa shape index (κ3) is 3.10. The summed E-state index contributed by atoms with van der Waals surface area (Å²) in [6, 6.07) is 12.5. The minimum Gasteiger partial charge on any atom is -0.504 e. The number of benzene rings is 2. The molecule has 25 heavy (non-hydrogen) atoms. The number of hydrogen-bond donors (Lipinski definition) is 4. The van der Waals surface area contributed by atoms with Crippen LogP contribution in [0.5, 0.6) is 5.75 Å². The number of anilines is 4. The van der Waals surface area contributed by atoms with E-state index >= 15 is 0 Å². The summed E-state index contributed by atoms with van der Waals surface area (Å²) in [5.41, 5.74) is -1.01. The van der Waals surface area contributed by atoms with E-state index in [2.05, 4.69) is 10.6 Å². The van der Waals surface area contributed by atoms with E-state index in [9.17, 15) is 23.1 Å². The molecule has 0 aliphatic heterocycles. The highest BCUT2D eigenvalue weighted by Crippen LogP contribution is 2.33. The van der Waals surface area contributed by atoms with E-state index in [1.54, 1.807) is 30.3 Å². The van der Waals surface area contributed by atoms with Gasteiger partial charge in [-0.05, 0) is 24.3 Å². The van der Waals surface area contributed by atoms with Gasteiger partial charge in [-0.3, -0.25) is 9.59 Å². The van der Waals surface area contributed by atoms with Crippen LogP contribution in [0.25, 0.3) is 0 Å². The Morgan fingerprint density at radius 3 is 2.04 bits per heavy atom. The van der Waals surface area contributed by atoms with Gasteiger partial charge in [0.1, 0.15) is 16.3 Å². The fraction of sp³-hybridized carbons (Fsp3) is 0. The molecule has 0 bridgehead atoms. The number of aromatic hydroxyl groups is 1. The van der Waals surface area contributed by atoms with Crippen molar-refractivity contribution in [2.75, 3.05) is 10.6 Å². The van der Waals surface area contributed by atoms with Crippen molar-refractivity contribution in [3.63, 3.8) is 0 Å². The first-order chi connectivity index (χ1) is 11.8. The van der Waals surface area contributed by atoms with Crippen LogP contribution in [-0.2, 0) is 10.0 Å². The van der Waals surface area contributed by atoms with Crippen LogP contribution in [0.1, 0.15) is 0 Å². The maximum atomic E-state index is 11.8. The molecule has 3 rings (SSSR count). The quantitative estimate of drug-likeness (QED) is 0.395. The Bertz CT molecular complexity index is 1120. The number of nitrogens with two attached hydrogens (primary N) is 1. The summed E-state index contributed by atoms with van der Waals surface area (Å²) < 4.78 is 22.9. The van der Waals surface area contributed by atoms with Crippen LogP contribution >= 0.6 is 0 Å². The van der Waals surface area contributed by atoms with Crippen LogP contribution in [0.15, 0.2) is 63.0 Å². The van der Waals surface area contributed by atoms with Gasteiger partial charge in [0.25, 0.3) is 10.9 Å². The Hall–Kier alpha value is -3.17. The zero-order valence-corrected chi connectivity index (χ0v) is 13.5. The summed E-state index contributed by atoms with van der Waals surface area (Å²) >= 11 is 0. The molecule has 0 radical (unpaired) electrons. The van der Waals surface area contributed by atoms with E-state index in [-0.39, 0.29) is 17.1 Å². The van der Waals surface area contributed by atoms with Crippen molar-refractivity contribution in [2.45, 2.75) is 4.90 Å². The number of nitrogens with one attached hydrogen (secondary N) is 2. The summed E-state index contributed by atoms with van der Waals surface area (Å²) in [6.45, 7) is 0. The van der Waals surface area contributed by atoms with Crippen LogP contribution < -0.4 is 26.6 Å². The van der Waals surface area contributed by atoms with E-state index in [0.29, 0.717) is 5.69 Å². The van der Waals surface area contributed by atoms with E-state index in [0.717, 1.165) is 6.07 Å². The number of phenolic OH excluding ortho intramolecular Hbond substituents is 1. The molecular formula is C16H13N3O5S. The number of primary sulfonamides is 1. The monoisotopic (exact) mass is 359 g/mol. The minimum absolute atomic E-state index is 0.0246. The van der Waals surface area contributed by atoms with Gasteiger partial charge in [0.05, 0.1) is 5.69 Å². The van der Waals surface area contributed by atoms with Gasteiger partial charge in [-0.15, -0.1) is 0 Å². The molecule has 0 atom stereocenters. The normalized spacial score (nSPS) is 11.4. The topological polar surface area (TPSA) is 139 Å². The molecule has 0 amide bonds. The van der Waals surface area contributed by atoms with Gasteiger partial charge in [-0.2, -0.15) is 0 Å². The molecule has 0 unspecified atom stereocenters. The number of para-hydroxylation sites is 2. The largest absolute Gasteiger partial charge is 0.504 e. The van der Waals surface area contributed by atoms with Gasteiger partial charge in [-0.1, -0.05) is 24.3 Å². The van der Waals surface area contributed by atoms with Crippen LogP contribution in [0, 0.1) is 0 Å². The molecule has 0 saturated carbocycles. The predicted octanol–water partition coefficient (Wildman–Crippen LogP) is 1.12. The third-order valence-corrected chi connectivity index (χ3v) is 4.46. The molecule has 0 spiro atoms. The van der Waals surface area contributed by atoms with Crippen LogP contribution in [0.4, 0.5) is 22.7 Å². The molecule has 0 aliphatic rings. The second-order valence-corrected chi connectivity index (χ2v) is 6.75. The highest BCUT2D eigenvalue weighted by atomic mass is 32.2. The Morgan fingerprint density at radius 2 is 1.44 bits per heavy atom. The number of rotatable bonds is 5. The van der Waals surface area contributed by atoms with Gasteiger partial charge < -0.3 is 15.7 Å². The lowest BCUT2D eigenvalue weighted by Gasteiger charge is -2.16. The van der Waals surface area contributed by atoms with Crippen molar-refractivity contribution in [3.8, 4) is 5.75 Å². The molecule has 5 N–H and O–H groups in total. The van der Waals surface area contributed by atoms with E-state index < -0.39 is 31.5 Å². The fourth-order valence-electron chi connectivity index (χ4n) is 2.28. The average molecular weight is 359 g/mol. The highest BCUT2D eigenvalue weighted by molar-refractivity contribution is 7.89. The molecule has 3 aromatic carbocycles. The lowest BCUT2D eigenvalue weighted by molar-refractivity contribution is 0.461. The van der Waals surface area contributed by atoms with Gasteiger partial charge in [-0.25, -0.2) is 13.6 Å². The zero-order valence-electron chi connectivity index (χ0n) is 12.7. The predicted molar refractivity (Wildman–Crippen MR) is 93.8 cm³/mol. The first-order valence-corrected chi connectivity index (χ1v) is 8.61. The summed E-state index contributed by atoms with van der Waals surface area (Å²) in [5.74, 6) is -0.635. The molecule has 9 heteroatoms. The van der Waals surface area contributed by atoms with Crippen molar-refractivity contribution in [2.24, 2.45) is 5.14 Å². The third-order valence-electron chi connectivity index (χ3n) is 3.52. The molecular weight excluding hydrogens is 346 g/mol. The fourth-order valence-corrected chi connectivity index (χ4v) is 2.93. The smallest absolute Gasteiger partial charge is 0.253 e. The van der Waals surface area contributed by atoms with E-state index in [4.69, 9.17) is 5.14 Å². The number of phenols is 1. The second-order valence-electron chi connectivity index (χ2n) is 5.22. The maximum absolute atomic E-state index is 11.8. The van der Waals surface area contributed by atoms with Gasteiger partial charge in [0.2, 0.25) is 10.0 Å². The molecule has 0 heterocycles. The molecule has 0 aromatic heterocycles. The zero-order chi connectivity index (χ0) is 18.2. The molecule has 128 valence electrons. The van der Waals surface area contributed by atoms with Crippen LogP contribution in [0.3, 0.4) is 0 Å². The summed E-state index contributed by atoms with van der Waals surface area (Å²) in [6.07, 6.45) is 0. The van der Waals surface area contributed by atoms with E-state index in [1.807, 2.05) is 0 Å². The molecule has 0 fully saturated rings. The summed E-state index contributed by atoms with van der Waals surface area (Å²) in [5, 5.41) is 20.5. The van der Waals surface area contributed by atoms with Crippen LogP contribution in [-0.4, -0.2) is 13.5 Å². The Balaban J connectivity index is 1.97. The highest BCUT2D eigenvalue weighted by Gasteiger charge is 2.23. The number of hydrogen-bond acceptors (Lipinski definition) is 7. The first kappa shape index (κ1) is 16.7. The molecule has 0 aliphatic carbocycles. The van der Waals surface area contributed by atoms with Crippen molar-refractivity contribution in [1.29, 1.82) is 0 Å². The Morgan fingerprint density at radius 1 is 0.840 bits per heavy atom.